The smallest absolute Gasteiger partial charge is 0.381 e. The van der Waals surface area contributed by atoms with E-state index in [2.05, 4.69) is 15.3 Å². The number of halogens is 3. The number of amides is 1. The molecule has 0 bridgehead atoms. The highest BCUT2D eigenvalue weighted by Gasteiger charge is 2.43. The van der Waals surface area contributed by atoms with Gasteiger partial charge < -0.3 is 10.1 Å². The normalized spacial score (nSPS) is 16.1. The number of nitrogens with zero attached hydrogens (tertiary/aromatic N) is 2. The first-order chi connectivity index (χ1) is 14.9. The Balaban J connectivity index is 1.54. The van der Waals surface area contributed by atoms with Crippen molar-refractivity contribution >= 4 is 17.2 Å². The molecule has 5 nitrogen and oxygen atoms in total. The summed E-state index contributed by atoms with van der Waals surface area (Å²) in [6.07, 6.45) is -0.468. The molecule has 0 spiro atoms. The van der Waals surface area contributed by atoms with Crippen LogP contribution in [0, 0.1) is 0 Å². The number of hydrogen-bond donors (Lipinski definition) is 1. The summed E-state index contributed by atoms with van der Waals surface area (Å²) >= 11 is 1.41. The number of carbonyl (C=O) groups is 1. The van der Waals surface area contributed by atoms with Gasteiger partial charge in [0.25, 0.3) is 0 Å². The first-order valence-electron chi connectivity index (χ1n) is 9.77. The second kappa shape index (κ2) is 8.76. The first-order valence-corrected chi connectivity index (χ1v) is 10.6. The highest BCUT2D eigenvalue weighted by atomic mass is 32.1. The van der Waals surface area contributed by atoms with Crippen LogP contribution in [0.2, 0.25) is 0 Å². The van der Waals surface area contributed by atoms with Crippen LogP contribution in [0.1, 0.15) is 29.0 Å². The Kier molecular flexibility index (Phi) is 6.06. The van der Waals surface area contributed by atoms with Gasteiger partial charge in [0.15, 0.2) is 0 Å². The third kappa shape index (κ3) is 4.62. The summed E-state index contributed by atoms with van der Waals surface area (Å²) in [4.78, 5) is 21.8. The predicted octanol–water partition coefficient (Wildman–Crippen LogP) is 4.59. The largest absolute Gasteiger partial charge is 0.416 e. The summed E-state index contributed by atoms with van der Waals surface area (Å²) in [5.41, 5.74) is 0.249. The summed E-state index contributed by atoms with van der Waals surface area (Å²) in [5.74, 6) is -0.309. The molecule has 1 N–H and O–H groups in total. The molecule has 0 unspecified atom stereocenters. The van der Waals surface area contributed by atoms with E-state index in [4.69, 9.17) is 4.74 Å². The lowest BCUT2D eigenvalue weighted by Crippen LogP contribution is -2.47. The summed E-state index contributed by atoms with van der Waals surface area (Å²) in [6, 6.07) is 8.74. The molecule has 4 rings (SSSR count). The third-order valence-electron chi connectivity index (χ3n) is 5.45. The van der Waals surface area contributed by atoms with Crippen molar-refractivity contribution in [3.05, 3.63) is 70.3 Å². The van der Waals surface area contributed by atoms with E-state index in [0.717, 1.165) is 23.4 Å². The Labute approximate surface area is 181 Å². The van der Waals surface area contributed by atoms with Crippen molar-refractivity contribution < 1.29 is 22.7 Å². The summed E-state index contributed by atoms with van der Waals surface area (Å²) in [6.45, 7) is 0.830. The predicted molar refractivity (Wildman–Crippen MR) is 110 cm³/mol. The number of nitrogens with one attached hydrogen (secondary N) is 1. The van der Waals surface area contributed by atoms with Crippen molar-refractivity contribution in [2.75, 3.05) is 13.2 Å². The van der Waals surface area contributed by atoms with Gasteiger partial charge in [0.1, 0.15) is 5.01 Å². The zero-order valence-electron chi connectivity index (χ0n) is 16.5. The van der Waals surface area contributed by atoms with Gasteiger partial charge in [-0.1, -0.05) is 18.2 Å². The van der Waals surface area contributed by atoms with Crippen molar-refractivity contribution in [1.82, 2.24) is 15.3 Å². The Morgan fingerprint density at radius 3 is 2.61 bits per heavy atom. The molecule has 0 saturated carbocycles. The van der Waals surface area contributed by atoms with Gasteiger partial charge in [-0.2, -0.15) is 13.2 Å². The van der Waals surface area contributed by atoms with Crippen molar-refractivity contribution in [3.63, 3.8) is 0 Å². The van der Waals surface area contributed by atoms with E-state index in [1.165, 1.54) is 17.4 Å². The van der Waals surface area contributed by atoms with E-state index >= 15 is 0 Å². The molecule has 1 fully saturated rings. The Bertz CT molecular complexity index is 1050. The van der Waals surface area contributed by atoms with Crippen LogP contribution in [0.5, 0.6) is 0 Å². The molecule has 9 heteroatoms. The molecule has 1 aliphatic rings. The molecule has 1 amide bonds. The van der Waals surface area contributed by atoms with Gasteiger partial charge in [-0.15, -0.1) is 11.3 Å². The number of hydrogen-bond acceptors (Lipinski definition) is 5. The van der Waals surface area contributed by atoms with Gasteiger partial charge >= 0.3 is 6.18 Å². The Hall–Kier alpha value is -2.78. The summed E-state index contributed by atoms with van der Waals surface area (Å²) in [5, 5.41) is 5.50. The van der Waals surface area contributed by atoms with Gasteiger partial charge in [0.2, 0.25) is 5.91 Å². The van der Waals surface area contributed by atoms with Crippen LogP contribution >= 0.6 is 11.3 Å². The highest BCUT2D eigenvalue weighted by molar-refractivity contribution is 7.09. The molecule has 1 saturated heterocycles. The number of alkyl halides is 3. The fraction of sp³-hybridized carbons (Fsp3) is 0.318. The van der Waals surface area contributed by atoms with Gasteiger partial charge in [-0.25, -0.2) is 4.98 Å². The molecule has 3 aromatic rings. The lowest BCUT2D eigenvalue weighted by atomic mass is 9.73. The average molecular weight is 447 g/mol. The van der Waals surface area contributed by atoms with Crippen LogP contribution < -0.4 is 5.32 Å². The molecule has 0 aliphatic carbocycles. The van der Waals surface area contributed by atoms with Crippen LogP contribution in [-0.4, -0.2) is 29.1 Å². The van der Waals surface area contributed by atoms with Gasteiger partial charge in [-0.3, -0.25) is 9.78 Å². The van der Waals surface area contributed by atoms with Crippen LogP contribution in [0.25, 0.3) is 11.3 Å². The zero-order valence-corrected chi connectivity index (χ0v) is 17.3. The molecule has 2 aromatic heterocycles. The Morgan fingerprint density at radius 1 is 1.16 bits per heavy atom. The lowest BCUT2D eigenvalue weighted by Gasteiger charge is -2.36. The SMILES string of the molecule is O=C(NCc1nc(-c2ccncc2)cs1)C1(c2cccc(C(F)(F)F)c2)CCOCC1. The number of carbonyl (C=O) groups excluding carboxylic acids is 1. The third-order valence-corrected chi connectivity index (χ3v) is 6.30. The standard InChI is InChI=1S/C22H20F3N3O2S/c23-22(24,25)17-3-1-2-16(12-17)21(6-10-30-11-7-21)20(29)27-13-19-28-18(14-31-19)15-4-8-26-9-5-15/h1-5,8-9,12,14H,6-7,10-11,13H2,(H,27,29). The molecule has 0 atom stereocenters. The maximum absolute atomic E-state index is 13.3. The number of benzene rings is 1. The summed E-state index contributed by atoms with van der Waals surface area (Å²) < 4.78 is 45.1. The minimum atomic E-state index is -4.47. The quantitative estimate of drug-likeness (QED) is 0.622. The molecule has 31 heavy (non-hydrogen) atoms. The molecule has 1 aliphatic heterocycles. The van der Waals surface area contributed by atoms with Gasteiger partial charge in [0.05, 0.1) is 23.2 Å². The maximum atomic E-state index is 13.3. The van der Waals surface area contributed by atoms with E-state index < -0.39 is 17.2 Å². The average Bonchev–Trinajstić information content (AvgIpc) is 3.27. The summed E-state index contributed by atoms with van der Waals surface area (Å²) in [7, 11) is 0. The number of pyridine rings is 1. The Morgan fingerprint density at radius 2 is 1.90 bits per heavy atom. The van der Waals surface area contributed by atoms with Crippen LogP contribution in [0.4, 0.5) is 13.2 Å². The van der Waals surface area contributed by atoms with Crippen LogP contribution in [-0.2, 0) is 27.7 Å². The van der Waals surface area contributed by atoms with Gasteiger partial charge in [0, 0.05) is 36.6 Å². The van der Waals surface area contributed by atoms with Gasteiger partial charge in [-0.05, 0) is 36.6 Å². The molecular formula is C22H20F3N3O2S. The minimum Gasteiger partial charge on any atom is -0.381 e. The van der Waals surface area contributed by atoms with E-state index in [-0.39, 0.29) is 12.5 Å². The molecule has 1 aromatic carbocycles. The monoisotopic (exact) mass is 447 g/mol. The van der Waals surface area contributed by atoms with E-state index in [1.807, 2.05) is 17.5 Å². The number of rotatable bonds is 5. The second-order valence-electron chi connectivity index (χ2n) is 7.32. The number of thiazole rings is 1. The molecular weight excluding hydrogens is 427 g/mol. The zero-order chi connectivity index (χ0) is 21.9. The van der Waals surface area contributed by atoms with Crippen LogP contribution in [0.3, 0.4) is 0 Å². The highest BCUT2D eigenvalue weighted by Crippen LogP contribution is 2.38. The lowest BCUT2D eigenvalue weighted by molar-refractivity contribution is -0.138. The van der Waals surface area contributed by atoms with Crippen molar-refractivity contribution in [3.8, 4) is 11.3 Å². The van der Waals surface area contributed by atoms with Crippen molar-refractivity contribution in [2.45, 2.75) is 31.0 Å². The van der Waals surface area contributed by atoms with E-state index in [0.29, 0.717) is 36.6 Å². The van der Waals surface area contributed by atoms with Crippen molar-refractivity contribution in [2.24, 2.45) is 0 Å². The molecule has 162 valence electrons. The van der Waals surface area contributed by atoms with Crippen LogP contribution in [0.15, 0.2) is 54.2 Å². The molecule has 3 heterocycles. The van der Waals surface area contributed by atoms with E-state index in [1.54, 1.807) is 18.5 Å². The number of aromatic nitrogens is 2. The minimum absolute atomic E-state index is 0.205. The fourth-order valence-electron chi connectivity index (χ4n) is 3.73. The second-order valence-corrected chi connectivity index (χ2v) is 8.26. The maximum Gasteiger partial charge on any atom is 0.416 e. The van der Waals surface area contributed by atoms with Crippen molar-refractivity contribution in [1.29, 1.82) is 0 Å². The topological polar surface area (TPSA) is 64.1 Å². The molecule has 0 radical (unpaired) electrons. The van der Waals surface area contributed by atoms with E-state index in [9.17, 15) is 18.0 Å². The first kappa shape index (κ1) is 21.5. The number of ether oxygens (including phenoxy) is 1. The fourth-order valence-corrected chi connectivity index (χ4v) is 4.48.